The van der Waals surface area contributed by atoms with E-state index in [2.05, 4.69) is 10.6 Å². The monoisotopic (exact) mass is 637 g/mol. The normalized spacial score (nSPS) is 22.9. The number of ether oxygens (including phenoxy) is 3. The Morgan fingerprint density at radius 1 is 1.11 bits per heavy atom. The SMILES string of the molecule is COC(=O)C1(OCCCSCCN)CC(O)C(NC(=O)CF)C(C(O)C(O)CNC(=O)c2ccc(-c3ccccc3)cc2)O1. The Morgan fingerprint density at radius 2 is 1.80 bits per heavy atom. The number of hydrogen-bond donors (Lipinski definition) is 6. The molecule has 0 aromatic heterocycles. The van der Waals surface area contributed by atoms with Crippen molar-refractivity contribution in [1.82, 2.24) is 10.6 Å². The maximum absolute atomic E-state index is 13.1. The van der Waals surface area contributed by atoms with Gasteiger partial charge in [-0.3, -0.25) is 9.59 Å². The van der Waals surface area contributed by atoms with Crippen LogP contribution in [-0.4, -0.2) is 114 Å². The van der Waals surface area contributed by atoms with Gasteiger partial charge in [-0.2, -0.15) is 11.8 Å². The maximum atomic E-state index is 13.1. The van der Waals surface area contributed by atoms with Gasteiger partial charge in [0.15, 0.2) is 6.67 Å². The predicted octanol–water partition coefficient (Wildman–Crippen LogP) is 0.377. The van der Waals surface area contributed by atoms with Gasteiger partial charge in [0, 0.05) is 30.8 Å². The summed E-state index contributed by atoms with van der Waals surface area (Å²) in [7, 11) is 1.08. The number of benzene rings is 2. The van der Waals surface area contributed by atoms with Crippen molar-refractivity contribution in [2.45, 2.75) is 49.1 Å². The number of hydrogen-bond acceptors (Lipinski definition) is 11. The van der Waals surface area contributed by atoms with Gasteiger partial charge in [-0.1, -0.05) is 42.5 Å². The second kappa shape index (κ2) is 17.4. The minimum atomic E-state index is -2.20. The molecular formula is C30H40FN3O9S. The minimum absolute atomic E-state index is 0.00534. The summed E-state index contributed by atoms with van der Waals surface area (Å²) < 4.78 is 29.6. The molecule has 1 aliphatic heterocycles. The molecule has 14 heteroatoms. The van der Waals surface area contributed by atoms with E-state index in [-0.39, 0.29) is 6.61 Å². The standard InChI is InChI=1S/C30H40FN3O9S/c1-41-29(40)30(42-13-5-14-44-15-12-32)16-22(35)25(34-24(37)17-31)27(43-30)26(38)23(36)18-33-28(39)21-10-8-20(9-11-21)19-6-3-2-4-7-19/h2-4,6-11,22-23,25-27,35-36,38H,5,12-18,32H2,1H3,(H,33,39)(H,34,37). The van der Waals surface area contributed by atoms with Gasteiger partial charge in [0.05, 0.1) is 32.0 Å². The molecule has 7 N–H and O–H groups in total. The zero-order valence-electron chi connectivity index (χ0n) is 24.4. The number of rotatable bonds is 16. The van der Waals surface area contributed by atoms with Crippen molar-refractivity contribution in [3.05, 3.63) is 60.2 Å². The number of aliphatic hydroxyl groups is 3. The van der Waals surface area contributed by atoms with E-state index in [0.29, 0.717) is 24.3 Å². The summed E-state index contributed by atoms with van der Waals surface area (Å²) in [5, 5.41) is 37.6. The Labute approximate surface area is 259 Å². The number of alkyl halides is 1. The Kier molecular flexibility index (Phi) is 14.0. The molecule has 2 aromatic rings. The molecule has 1 fully saturated rings. The molecule has 0 saturated carbocycles. The van der Waals surface area contributed by atoms with Gasteiger partial charge in [-0.25, -0.2) is 9.18 Å². The van der Waals surface area contributed by atoms with E-state index in [0.717, 1.165) is 24.0 Å². The number of methoxy groups -OCH3 is 1. The topological polar surface area (TPSA) is 190 Å². The lowest BCUT2D eigenvalue weighted by Crippen LogP contribution is -2.68. The van der Waals surface area contributed by atoms with E-state index >= 15 is 0 Å². The first-order valence-corrected chi connectivity index (χ1v) is 15.3. The Balaban J connectivity index is 1.72. The first kappa shape index (κ1) is 35.4. The molecule has 0 bridgehead atoms. The highest BCUT2D eigenvalue weighted by Gasteiger charge is 2.56. The molecule has 242 valence electrons. The van der Waals surface area contributed by atoms with E-state index in [1.54, 1.807) is 36.0 Å². The summed E-state index contributed by atoms with van der Waals surface area (Å²) in [6.07, 6.45) is -6.86. The minimum Gasteiger partial charge on any atom is -0.465 e. The largest absolute Gasteiger partial charge is 0.465 e. The summed E-state index contributed by atoms with van der Waals surface area (Å²) in [5.41, 5.74) is 7.66. The van der Waals surface area contributed by atoms with Crippen LogP contribution in [0.15, 0.2) is 54.6 Å². The van der Waals surface area contributed by atoms with Crippen molar-refractivity contribution in [3.63, 3.8) is 0 Å². The molecule has 1 saturated heterocycles. The second-order valence-electron chi connectivity index (χ2n) is 10.1. The fourth-order valence-electron chi connectivity index (χ4n) is 4.75. The fraction of sp³-hybridized carbons (Fsp3) is 0.500. The number of nitrogens with one attached hydrogen (secondary N) is 2. The molecule has 2 amide bonds. The van der Waals surface area contributed by atoms with Crippen molar-refractivity contribution in [2.24, 2.45) is 5.73 Å². The van der Waals surface area contributed by atoms with Crippen LogP contribution in [0.3, 0.4) is 0 Å². The van der Waals surface area contributed by atoms with Crippen LogP contribution in [0.1, 0.15) is 23.2 Å². The first-order chi connectivity index (χ1) is 21.2. The van der Waals surface area contributed by atoms with E-state index in [4.69, 9.17) is 19.9 Å². The molecule has 0 aliphatic carbocycles. The van der Waals surface area contributed by atoms with Crippen molar-refractivity contribution >= 4 is 29.5 Å². The van der Waals surface area contributed by atoms with Crippen molar-refractivity contribution in [1.29, 1.82) is 0 Å². The lowest BCUT2D eigenvalue weighted by molar-refractivity contribution is -0.311. The van der Waals surface area contributed by atoms with Gasteiger partial charge in [-0.15, -0.1) is 0 Å². The van der Waals surface area contributed by atoms with Crippen LogP contribution in [0.2, 0.25) is 0 Å². The highest BCUT2D eigenvalue weighted by molar-refractivity contribution is 7.99. The summed E-state index contributed by atoms with van der Waals surface area (Å²) >= 11 is 1.58. The third-order valence-electron chi connectivity index (χ3n) is 7.01. The Hall–Kier alpha value is -3.11. The lowest BCUT2D eigenvalue weighted by atomic mass is 9.88. The molecular weight excluding hydrogens is 597 g/mol. The average Bonchev–Trinajstić information content (AvgIpc) is 3.05. The van der Waals surface area contributed by atoms with Crippen LogP contribution < -0.4 is 16.4 Å². The van der Waals surface area contributed by atoms with Crippen LogP contribution >= 0.6 is 11.8 Å². The quantitative estimate of drug-likeness (QED) is 0.110. The molecule has 1 heterocycles. The van der Waals surface area contributed by atoms with Gasteiger partial charge in [-0.05, 0) is 35.4 Å². The zero-order valence-corrected chi connectivity index (χ0v) is 25.2. The fourth-order valence-corrected chi connectivity index (χ4v) is 5.45. The Morgan fingerprint density at radius 3 is 2.43 bits per heavy atom. The maximum Gasteiger partial charge on any atom is 0.366 e. The number of esters is 1. The lowest BCUT2D eigenvalue weighted by Gasteiger charge is -2.47. The number of nitrogens with two attached hydrogens (primary N) is 1. The molecule has 12 nitrogen and oxygen atoms in total. The van der Waals surface area contributed by atoms with Gasteiger partial charge >= 0.3 is 5.97 Å². The zero-order chi connectivity index (χ0) is 32.1. The van der Waals surface area contributed by atoms with E-state index in [9.17, 15) is 34.1 Å². The third-order valence-corrected chi connectivity index (χ3v) is 8.11. The summed E-state index contributed by atoms with van der Waals surface area (Å²) in [5.74, 6) is -3.47. The van der Waals surface area contributed by atoms with Gasteiger partial charge < -0.3 is 45.9 Å². The van der Waals surface area contributed by atoms with Gasteiger partial charge in [0.25, 0.3) is 17.6 Å². The smallest absolute Gasteiger partial charge is 0.366 e. The van der Waals surface area contributed by atoms with Crippen molar-refractivity contribution < 1.29 is 48.3 Å². The van der Waals surface area contributed by atoms with E-state index in [1.807, 2.05) is 30.3 Å². The average molecular weight is 638 g/mol. The molecule has 1 aliphatic rings. The molecule has 44 heavy (non-hydrogen) atoms. The molecule has 3 rings (SSSR count). The molecule has 0 radical (unpaired) electrons. The van der Waals surface area contributed by atoms with Crippen LogP contribution in [0.4, 0.5) is 4.39 Å². The summed E-state index contributed by atoms with van der Waals surface area (Å²) in [6.45, 7) is -1.38. The highest BCUT2D eigenvalue weighted by atomic mass is 32.2. The van der Waals surface area contributed by atoms with Crippen LogP contribution in [0.5, 0.6) is 0 Å². The summed E-state index contributed by atoms with van der Waals surface area (Å²) in [6, 6.07) is 14.9. The predicted molar refractivity (Wildman–Crippen MR) is 161 cm³/mol. The first-order valence-electron chi connectivity index (χ1n) is 14.2. The van der Waals surface area contributed by atoms with Crippen molar-refractivity contribution in [3.8, 4) is 11.1 Å². The highest BCUT2D eigenvalue weighted by Crippen LogP contribution is 2.34. The number of aliphatic hydroxyl groups excluding tert-OH is 3. The number of thioether (sulfide) groups is 1. The van der Waals surface area contributed by atoms with Gasteiger partial charge in [0.2, 0.25) is 0 Å². The Bertz CT molecular complexity index is 1210. The molecule has 0 spiro atoms. The molecule has 6 atom stereocenters. The number of amides is 2. The molecule has 2 aromatic carbocycles. The second-order valence-corrected chi connectivity index (χ2v) is 11.4. The number of carbonyl (C=O) groups excluding carboxylic acids is 3. The molecule has 6 unspecified atom stereocenters. The van der Waals surface area contributed by atoms with Crippen LogP contribution in [-0.2, 0) is 23.8 Å². The number of halogens is 1. The van der Waals surface area contributed by atoms with Gasteiger partial charge in [0.1, 0.15) is 12.2 Å². The summed E-state index contributed by atoms with van der Waals surface area (Å²) in [4.78, 5) is 37.5. The van der Waals surface area contributed by atoms with E-state index in [1.165, 1.54) is 0 Å². The van der Waals surface area contributed by atoms with E-state index < -0.39 is 73.7 Å². The number of carbonyl (C=O) groups is 3. The van der Waals surface area contributed by atoms with Crippen molar-refractivity contribution in [2.75, 3.05) is 45.0 Å². The van der Waals surface area contributed by atoms with Crippen LogP contribution in [0, 0.1) is 0 Å². The third kappa shape index (κ3) is 9.44. The van der Waals surface area contributed by atoms with Crippen LogP contribution in [0.25, 0.3) is 11.1 Å².